The number of sulfonamides is 1. The Morgan fingerprint density at radius 3 is 2.46 bits per heavy atom. The molecule has 1 heterocycles. The molecule has 1 fully saturated rings. The van der Waals surface area contributed by atoms with Crippen molar-refractivity contribution in [3.8, 4) is 6.07 Å². The van der Waals surface area contributed by atoms with E-state index < -0.39 is 15.8 Å². The molecule has 26 heavy (non-hydrogen) atoms. The SMILES string of the molecule is N#Cc1cc(Cl)ccc1N1CCCN(S(=O)(=O)c2ccc(F)cc2)CC1. The van der Waals surface area contributed by atoms with Gasteiger partial charge in [-0.25, -0.2) is 12.8 Å². The average Bonchev–Trinajstić information content (AvgIpc) is 2.88. The van der Waals surface area contributed by atoms with Crippen molar-refractivity contribution in [1.82, 2.24) is 4.31 Å². The zero-order valence-corrected chi connectivity index (χ0v) is 15.5. The van der Waals surface area contributed by atoms with E-state index in [-0.39, 0.29) is 11.4 Å². The Kier molecular flexibility index (Phi) is 5.47. The van der Waals surface area contributed by atoms with E-state index in [1.54, 1.807) is 18.2 Å². The van der Waals surface area contributed by atoms with Gasteiger partial charge in [-0.3, -0.25) is 0 Å². The predicted octanol–water partition coefficient (Wildman–Crippen LogP) is 3.25. The number of hydrogen-bond acceptors (Lipinski definition) is 4. The Balaban J connectivity index is 1.80. The number of benzene rings is 2. The first kappa shape index (κ1) is 18.6. The maximum absolute atomic E-state index is 13.1. The first-order chi connectivity index (χ1) is 12.4. The number of nitrogens with zero attached hydrogens (tertiary/aromatic N) is 3. The van der Waals surface area contributed by atoms with Crippen LogP contribution in [0.3, 0.4) is 0 Å². The monoisotopic (exact) mass is 393 g/mol. The van der Waals surface area contributed by atoms with Gasteiger partial charge in [0.25, 0.3) is 0 Å². The van der Waals surface area contributed by atoms with Crippen molar-refractivity contribution in [2.75, 3.05) is 31.1 Å². The lowest BCUT2D eigenvalue weighted by molar-refractivity contribution is 0.433. The van der Waals surface area contributed by atoms with Gasteiger partial charge in [-0.2, -0.15) is 9.57 Å². The maximum atomic E-state index is 13.1. The molecular formula is C18H17ClFN3O2S. The summed E-state index contributed by atoms with van der Waals surface area (Å²) in [5.41, 5.74) is 1.21. The largest absolute Gasteiger partial charge is 0.369 e. The molecule has 1 aliphatic heterocycles. The molecule has 5 nitrogen and oxygen atoms in total. The Bertz CT molecular complexity index is 942. The number of anilines is 1. The lowest BCUT2D eigenvalue weighted by Gasteiger charge is -2.24. The van der Waals surface area contributed by atoms with Crippen molar-refractivity contribution in [1.29, 1.82) is 5.26 Å². The van der Waals surface area contributed by atoms with Crippen LogP contribution in [-0.4, -0.2) is 38.9 Å². The van der Waals surface area contributed by atoms with E-state index in [1.807, 2.05) is 4.90 Å². The zero-order valence-electron chi connectivity index (χ0n) is 13.9. The summed E-state index contributed by atoms with van der Waals surface area (Å²) in [4.78, 5) is 2.08. The molecule has 3 rings (SSSR count). The van der Waals surface area contributed by atoms with Gasteiger partial charge >= 0.3 is 0 Å². The third kappa shape index (κ3) is 3.83. The van der Waals surface area contributed by atoms with Crippen molar-refractivity contribution >= 4 is 27.3 Å². The van der Waals surface area contributed by atoms with Gasteiger partial charge in [0.05, 0.1) is 16.1 Å². The van der Waals surface area contributed by atoms with Gasteiger partial charge in [-0.15, -0.1) is 0 Å². The molecule has 1 saturated heterocycles. The van der Waals surface area contributed by atoms with Crippen molar-refractivity contribution in [3.05, 3.63) is 58.9 Å². The molecule has 0 radical (unpaired) electrons. The molecule has 0 atom stereocenters. The molecule has 0 bridgehead atoms. The van der Waals surface area contributed by atoms with Gasteiger partial charge < -0.3 is 4.90 Å². The quantitative estimate of drug-likeness (QED) is 0.802. The normalized spacial score (nSPS) is 16.1. The minimum absolute atomic E-state index is 0.0801. The zero-order chi connectivity index (χ0) is 18.7. The lowest BCUT2D eigenvalue weighted by Crippen LogP contribution is -2.35. The fraction of sp³-hybridized carbons (Fsp3) is 0.278. The topological polar surface area (TPSA) is 64.4 Å². The molecule has 0 N–H and O–H groups in total. The minimum Gasteiger partial charge on any atom is -0.369 e. The second-order valence-corrected chi connectivity index (χ2v) is 8.35. The predicted molar refractivity (Wildman–Crippen MR) is 98.2 cm³/mol. The van der Waals surface area contributed by atoms with Gasteiger partial charge in [0, 0.05) is 31.2 Å². The molecule has 2 aromatic carbocycles. The molecule has 0 aromatic heterocycles. The Hall–Kier alpha value is -2.14. The Labute approximate surface area is 157 Å². The molecular weight excluding hydrogens is 377 g/mol. The average molecular weight is 394 g/mol. The number of hydrogen-bond donors (Lipinski definition) is 0. The van der Waals surface area contributed by atoms with Crippen LogP contribution >= 0.6 is 11.6 Å². The van der Waals surface area contributed by atoms with E-state index in [4.69, 9.17) is 11.6 Å². The molecule has 0 aliphatic carbocycles. The molecule has 0 amide bonds. The molecule has 1 aliphatic rings. The number of rotatable bonds is 3. The van der Waals surface area contributed by atoms with E-state index in [0.29, 0.717) is 36.6 Å². The first-order valence-corrected chi connectivity index (χ1v) is 9.94. The summed E-state index contributed by atoms with van der Waals surface area (Å²) in [5, 5.41) is 9.81. The van der Waals surface area contributed by atoms with Crippen molar-refractivity contribution < 1.29 is 12.8 Å². The first-order valence-electron chi connectivity index (χ1n) is 8.12. The molecule has 0 spiro atoms. The van der Waals surface area contributed by atoms with Crippen LogP contribution in [0.5, 0.6) is 0 Å². The highest BCUT2D eigenvalue weighted by Crippen LogP contribution is 2.26. The number of nitriles is 1. The standard InChI is InChI=1S/C18H17ClFN3O2S/c19-15-2-7-18(14(12-15)13-21)22-8-1-9-23(11-10-22)26(24,25)17-5-3-16(20)4-6-17/h2-7,12H,1,8-11H2. The Morgan fingerprint density at radius 1 is 1.04 bits per heavy atom. The van der Waals surface area contributed by atoms with Crippen LogP contribution in [0.25, 0.3) is 0 Å². The summed E-state index contributed by atoms with van der Waals surface area (Å²) in [5.74, 6) is -0.474. The van der Waals surface area contributed by atoms with Crippen LogP contribution in [0.2, 0.25) is 5.02 Å². The summed E-state index contributed by atoms with van der Waals surface area (Å²) in [6, 6.07) is 12.1. The highest BCUT2D eigenvalue weighted by atomic mass is 35.5. The van der Waals surface area contributed by atoms with Crippen LogP contribution < -0.4 is 4.90 Å². The number of halogens is 2. The van der Waals surface area contributed by atoms with E-state index in [0.717, 1.165) is 17.8 Å². The van der Waals surface area contributed by atoms with Crippen LogP contribution in [0.1, 0.15) is 12.0 Å². The highest BCUT2D eigenvalue weighted by molar-refractivity contribution is 7.89. The molecule has 2 aromatic rings. The van der Waals surface area contributed by atoms with Gasteiger partial charge in [0.2, 0.25) is 10.0 Å². The van der Waals surface area contributed by atoms with E-state index in [2.05, 4.69) is 6.07 Å². The van der Waals surface area contributed by atoms with Gasteiger partial charge in [-0.05, 0) is 48.9 Å². The highest BCUT2D eigenvalue weighted by Gasteiger charge is 2.27. The molecule has 8 heteroatoms. The van der Waals surface area contributed by atoms with Crippen LogP contribution in [0.15, 0.2) is 47.4 Å². The van der Waals surface area contributed by atoms with Crippen LogP contribution in [0.4, 0.5) is 10.1 Å². The summed E-state index contributed by atoms with van der Waals surface area (Å²) in [6.07, 6.45) is 0.619. The van der Waals surface area contributed by atoms with Gasteiger partial charge in [-0.1, -0.05) is 11.6 Å². The fourth-order valence-corrected chi connectivity index (χ4v) is 4.65. The van der Waals surface area contributed by atoms with Crippen molar-refractivity contribution in [2.24, 2.45) is 0 Å². The smallest absolute Gasteiger partial charge is 0.243 e. The summed E-state index contributed by atoms with van der Waals surface area (Å²) < 4.78 is 40.0. The molecule has 0 saturated carbocycles. The van der Waals surface area contributed by atoms with Crippen molar-refractivity contribution in [3.63, 3.8) is 0 Å². The van der Waals surface area contributed by atoms with E-state index in [1.165, 1.54) is 16.4 Å². The van der Waals surface area contributed by atoms with Gasteiger partial charge in [0.15, 0.2) is 0 Å². The van der Waals surface area contributed by atoms with Crippen LogP contribution in [0, 0.1) is 17.1 Å². The fourth-order valence-electron chi connectivity index (χ4n) is 3.00. The van der Waals surface area contributed by atoms with E-state index in [9.17, 15) is 18.1 Å². The summed E-state index contributed by atoms with van der Waals surface area (Å²) in [7, 11) is -3.68. The molecule has 136 valence electrons. The molecule has 0 unspecified atom stereocenters. The van der Waals surface area contributed by atoms with Crippen molar-refractivity contribution in [2.45, 2.75) is 11.3 Å². The van der Waals surface area contributed by atoms with Gasteiger partial charge in [0.1, 0.15) is 11.9 Å². The maximum Gasteiger partial charge on any atom is 0.243 e. The summed E-state index contributed by atoms with van der Waals surface area (Å²) >= 11 is 5.94. The Morgan fingerprint density at radius 2 is 1.77 bits per heavy atom. The minimum atomic E-state index is -3.68. The third-order valence-corrected chi connectivity index (χ3v) is 6.47. The second-order valence-electron chi connectivity index (χ2n) is 5.97. The summed E-state index contributed by atoms with van der Waals surface area (Å²) in [6.45, 7) is 1.74. The third-order valence-electron chi connectivity index (χ3n) is 4.33. The van der Waals surface area contributed by atoms with Crippen LogP contribution in [-0.2, 0) is 10.0 Å². The van der Waals surface area contributed by atoms with E-state index >= 15 is 0 Å². The lowest BCUT2D eigenvalue weighted by atomic mass is 10.1. The second kappa shape index (κ2) is 7.62.